The predicted octanol–water partition coefficient (Wildman–Crippen LogP) is 1.15. The Kier molecular flexibility index (Phi) is 4.59. The number of ether oxygens (including phenoxy) is 2. The van der Waals surface area contributed by atoms with E-state index in [0.717, 1.165) is 29.2 Å². The van der Waals surface area contributed by atoms with Gasteiger partial charge in [-0.05, 0) is 25.0 Å². The van der Waals surface area contributed by atoms with Gasteiger partial charge in [0, 0.05) is 24.6 Å². The van der Waals surface area contributed by atoms with E-state index in [-0.39, 0.29) is 18.4 Å². The molecule has 2 heterocycles. The lowest BCUT2D eigenvalue weighted by molar-refractivity contribution is -0.122. The molecule has 0 aliphatic carbocycles. The van der Waals surface area contributed by atoms with Gasteiger partial charge in [0.1, 0.15) is 23.9 Å². The van der Waals surface area contributed by atoms with Gasteiger partial charge in [-0.25, -0.2) is 4.68 Å². The van der Waals surface area contributed by atoms with Crippen molar-refractivity contribution in [2.45, 2.75) is 19.9 Å². The highest BCUT2D eigenvalue weighted by atomic mass is 16.5. The summed E-state index contributed by atoms with van der Waals surface area (Å²) in [6, 6.07) is 7.57. The molecule has 0 fully saturated rings. The lowest BCUT2D eigenvalue weighted by Crippen LogP contribution is -2.36. The molecule has 7 heteroatoms. The molecule has 3 rings (SSSR count). The Morgan fingerprint density at radius 3 is 3.04 bits per heavy atom. The van der Waals surface area contributed by atoms with Gasteiger partial charge < -0.3 is 20.5 Å². The number of hydrogen-bond donors (Lipinski definition) is 2. The van der Waals surface area contributed by atoms with Crippen LogP contribution in [0.4, 0.5) is 5.82 Å². The summed E-state index contributed by atoms with van der Waals surface area (Å²) in [5.74, 6) is 2.27. The van der Waals surface area contributed by atoms with Crippen LogP contribution in [0.3, 0.4) is 0 Å². The maximum absolute atomic E-state index is 12.1. The number of nitrogen functional groups attached to an aromatic ring is 1. The molecule has 1 amide bonds. The van der Waals surface area contributed by atoms with E-state index >= 15 is 0 Å². The summed E-state index contributed by atoms with van der Waals surface area (Å²) in [6.07, 6.45) is 0.864. The first-order valence-electron chi connectivity index (χ1n) is 7.91. The number of amides is 1. The van der Waals surface area contributed by atoms with Crippen LogP contribution in [0.5, 0.6) is 11.5 Å². The average Bonchev–Trinajstić information content (AvgIpc) is 2.89. The highest BCUT2D eigenvalue weighted by Crippen LogP contribution is 2.30. The number of nitrogens with two attached hydrogens (primary N) is 1. The number of hydrogen-bond acceptors (Lipinski definition) is 5. The van der Waals surface area contributed by atoms with E-state index in [1.165, 1.54) is 4.68 Å². The summed E-state index contributed by atoms with van der Waals surface area (Å²) < 4.78 is 12.5. The molecule has 3 N–H and O–H groups in total. The molecule has 1 aromatic carbocycles. The standard InChI is InChI=1S/C17H22N4O3/c1-11-5-16(18)21(20-11)9-17(22)19-8-12-6-13-3-4-14(23-2)7-15(13)24-10-12/h3-5,7,12H,6,8-10,18H2,1-2H3,(H,19,22)/t12-/m1/s1. The van der Waals surface area contributed by atoms with Gasteiger partial charge in [-0.15, -0.1) is 0 Å². The minimum atomic E-state index is -0.106. The Morgan fingerprint density at radius 2 is 2.33 bits per heavy atom. The van der Waals surface area contributed by atoms with E-state index in [1.807, 2.05) is 25.1 Å². The van der Waals surface area contributed by atoms with Gasteiger partial charge in [0.25, 0.3) is 0 Å². The van der Waals surface area contributed by atoms with Crippen LogP contribution in [0.1, 0.15) is 11.3 Å². The summed E-state index contributed by atoms with van der Waals surface area (Å²) in [4.78, 5) is 12.1. The number of carbonyl (C=O) groups excluding carboxylic acids is 1. The number of nitrogens with zero attached hydrogens (tertiary/aromatic N) is 2. The second kappa shape index (κ2) is 6.82. The molecule has 128 valence electrons. The fraction of sp³-hybridized carbons (Fsp3) is 0.412. The van der Waals surface area contributed by atoms with E-state index in [9.17, 15) is 4.79 Å². The molecular formula is C17H22N4O3. The molecule has 24 heavy (non-hydrogen) atoms. The largest absolute Gasteiger partial charge is 0.497 e. The molecule has 0 saturated carbocycles. The lowest BCUT2D eigenvalue weighted by Gasteiger charge is -2.25. The first-order valence-corrected chi connectivity index (χ1v) is 7.91. The minimum Gasteiger partial charge on any atom is -0.497 e. The molecule has 1 aliphatic rings. The third-order valence-electron chi connectivity index (χ3n) is 4.07. The number of methoxy groups -OCH3 is 1. The zero-order valence-corrected chi connectivity index (χ0v) is 13.9. The van der Waals surface area contributed by atoms with Crippen molar-refractivity contribution in [3.05, 3.63) is 35.5 Å². The molecule has 7 nitrogen and oxygen atoms in total. The third kappa shape index (κ3) is 3.61. The molecule has 0 saturated heterocycles. The van der Waals surface area contributed by atoms with Gasteiger partial charge in [0.2, 0.25) is 5.91 Å². The molecule has 0 bridgehead atoms. The lowest BCUT2D eigenvalue weighted by atomic mass is 9.96. The molecule has 0 radical (unpaired) electrons. The normalized spacial score (nSPS) is 16.2. The number of carbonyl (C=O) groups is 1. The molecule has 1 aliphatic heterocycles. The van der Waals surface area contributed by atoms with Crippen LogP contribution in [-0.4, -0.2) is 35.9 Å². The highest BCUT2D eigenvalue weighted by Gasteiger charge is 2.21. The van der Waals surface area contributed by atoms with Crippen LogP contribution >= 0.6 is 0 Å². The Hall–Kier alpha value is -2.70. The van der Waals surface area contributed by atoms with E-state index in [1.54, 1.807) is 13.2 Å². The summed E-state index contributed by atoms with van der Waals surface area (Å²) in [5, 5.41) is 7.12. The molecular weight excluding hydrogens is 308 g/mol. The van der Waals surface area contributed by atoms with Crippen LogP contribution in [0.25, 0.3) is 0 Å². The number of aryl methyl sites for hydroxylation is 1. The topological polar surface area (TPSA) is 91.4 Å². The van der Waals surface area contributed by atoms with Gasteiger partial charge in [-0.3, -0.25) is 4.79 Å². The highest BCUT2D eigenvalue weighted by molar-refractivity contribution is 5.76. The van der Waals surface area contributed by atoms with Crippen LogP contribution < -0.4 is 20.5 Å². The number of anilines is 1. The number of fused-ring (bicyclic) bond motifs is 1. The van der Waals surface area contributed by atoms with E-state index in [0.29, 0.717) is 19.0 Å². The van der Waals surface area contributed by atoms with Crippen molar-refractivity contribution in [1.82, 2.24) is 15.1 Å². The second-order valence-electron chi connectivity index (χ2n) is 6.03. The molecule has 2 aromatic rings. The minimum absolute atomic E-state index is 0.106. The van der Waals surface area contributed by atoms with E-state index in [2.05, 4.69) is 10.4 Å². The number of nitrogens with one attached hydrogen (secondary N) is 1. The van der Waals surface area contributed by atoms with E-state index < -0.39 is 0 Å². The monoisotopic (exact) mass is 330 g/mol. The number of benzene rings is 1. The van der Waals surface area contributed by atoms with Crippen LogP contribution in [0.2, 0.25) is 0 Å². The number of rotatable bonds is 5. The van der Waals surface area contributed by atoms with Gasteiger partial charge in [0.05, 0.1) is 19.4 Å². The van der Waals surface area contributed by atoms with Crippen LogP contribution in [0.15, 0.2) is 24.3 Å². The Balaban J connectivity index is 1.52. The third-order valence-corrected chi connectivity index (χ3v) is 4.07. The molecule has 0 spiro atoms. The Labute approximate surface area is 140 Å². The van der Waals surface area contributed by atoms with Crippen molar-refractivity contribution in [1.29, 1.82) is 0 Å². The number of aromatic nitrogens is 2. The molecule has 1 atom stereocenters. The summed E-state index contributed by atoms with van der Waals surface area (Å²) in [7, 11) is 1.64. The summed E-state index contributed by atoms with van der Waals surface area (Å²) >= 11 is 0. The molecule has 1 aromatic heterocycles. The molecule has 0 unspecified atom stereocenters. The second-order valence-corrected chi connectivity index (χ2v) is 6.03. The summed E-state index contributed by atoms with van der Waals surface area (Å²) in [6.45, 7) is 3.10. The van der Waals surface area contributed by atoms with Gasteiger partial charge in [-0.1, -0.05) is 6.07 Å². The van der Waals surface area contributed by atoms with Crippen molar-refractivity contribution in [3.8, 4) is 11.5 Å². The van der Waals surface area contributed by atoms with Crippen molar-refractivity contribution < 1.29 is 14.3 Å². The zero-order valence-electron chi connectivity index (χ0n) is 13.9. The van der Waals surface area contributed by atoms with Crippen LogP contribution in [0, 0.1) is 12.8 Å². The van der Waals surface area contributed by atoms with Crippen molar-refractivity contribution in [2.75, 3.05) is 26.0 Å². The maximum Gasteiger partial charge on any atom is 0.241 e. The van der Waals surface area contributed by atoms with Gasteiger partial charge in [-0.2, -0.15) is 5.10 Å². The first kappa shape index (κ1) is 16.2. The zero-order chi connectivity index (χ0) is 17.1. The maximum atomic E-state index is 12.1. The smallest absolute Gasteiger partial charge is 0.241 e. The van der Waals surface area contributed by atoms with Crippen LogP contribution in [-0.2, 0) is 17.8 Å². The SMILES string of the molecule is COc1ccc2c(c1)OC[C@@H](CNC(=O)Cn1nc(C)cc1N)C2. The predicted molar refractivity (Wildman–Crippen MR) is 90.1 cm³/mol. The Bertz CT molecular complexity index is 741. The Morgan fingerprint density at radius 1 is 1.50 bits per heavy atom. The van der Waals surface area contributed by atoms with Gasteiger partial charge in [0.15, 0.2) is 0 Å². The van der Waals surface area contributed by atoms with E-state index in [4.69, 9.17) is 15.2 Å². The average molecular weight is 330 g/mol. The van der Waals surface area contributed by atoms with Crippen molar-refractivity contribution >= 4 is 11.7 Å². The van der Waals surface area contributed by atoms with Crippen molar-refractivity contribution in [2.24, 2.45) is 5.92 Å². The summed E-state index contributed by atoms with van der Waals surface area (Å²) in [5.41, 5.74) is 7.73. The van der Waals surface area contributed by atoms with Crippen molar-refractivity contribution in [3.63, 3.8) is 0 Å². The fourth-order valence-electron chi connectivity index (χ4n) is 2.82. The quantitative estimate of drug-likeness (QED) is 0.858. The van der Waals surface area contributed by atoms with Gasteiger partial charge >= 0.3 is 0 Å². The first-order chi connectivity index (χ1) is 11.5. The fourth-order valence-corrected chi connectivity index (χ4v) is 2.82.